The SMILES string of the molecule is CN1C(=O)C2(Cl)CC3C(=CCC4C(=O)N(CCCC(=O)O)C(=O)C43)C(c3ccccc3O)C2(Cl)C1=O. The highest BCUT2D eigenvalue weighted by Gasteiger charge is 2.76. The molecule has 36 heavy (non-hydrogen) atoms. The molecule has 0 bridgehead atoms. The van der Waals surface area contributed by atoms with Crippen molar-refractivity contribution in [2.45, 2.75) is 41.3 Å². The first-order valence-corrected chi connectivity index (χ1v) is 12.5. The summed E-state index contributed by atoms with van der Waals surface area (Å²) in [6.45, 7) is -0.0203. The molecule has 1 aromatic carbocycles. The Morgan fingerprint density at radius 1 is 1.08 bits per heavy atom. The number of hydrogen-bond donors (Lipinski definition) is 2. The molecule has 9 nitrogen and oxygen atoms in total. The number of carboxylic acids is 1. The molecule has 6 unspecified atom stereocenters. The number of benzene rings is 1. The number of nitrogens with zero attached hydrogens (tertiary/aromatic N) is 2. The molecule has 2 saturated heterocycles. The Balaban J connectivity index is 1.62. The Labute approximate surface area is 216 Å². The Bertz CT molecular complexity index is 1250. The highest BCUT2D eigenvalue weighted by molar-refractivity contribution is 6.53. The van der Waals surface area contributed by atoms with Gasteiger partial charge in [0.2, 0.25) is 11.8 Å². The summed E-state index contributed by atoms with van der Waals surface area (Å²) >= 11 is 14.0. The van der Waals surface area contributed by atoms with E-state index in [-0.39, 0.29) is 43.9 Å². The summed E-state index contributed by atoms with van der Waals surface area (Å²) in [7, 11) is 1.30. The lowest BCUT2D eigenvalue weighted by atomic mass is 9.56. The van der Waals surface area contributed by atoms with Crippen LogP contribution in [0, 0.1) is 17.8 Å². The summed E-state index contributed by atoms with van der Waals surface area (Å²) in [5, 5.41) is 19.7. The summed E-state index contributed by atoms with van der Waals surface area (Å²) in [6, 6.07) is 6.33. The van der Waals surface area contributed by atoms with Crippen LogP contribution in [0.4, 0.5) is 0 Å². The number of carboxylic acid groups (broad SMARTS) is 1. The number of halogens is 2. The average Bonchev–Trinajstić information content (AvgIpc) is 3.15. The van der Waals surface area contributed by atoms with Crippen molar-refractivity contribution < 1.29 is 34.2 Å². The number of fused-ring (bicyclic) bond motifs is 4. The topological polar surface area (TPSA) is 132 Å². The van der Waals surface area contributed by atoms with Crippen LogP contribution in [0.1, 0.15) is 37.2 Å². The van der Waals surface area contributed by atoms with Crippen LogP contribution in [0.2, 0.25) is 0 Å². The molecule has 2 aliphatic carbocycles. The fourth-order valence-electron chi connectivity index (χ4n) is 6.50. The number of imide groups is 2. The molecule has 1 saturated carbocycles. The number of aromatic hydroxyl groups is 1. The van der Waals surface area contributed by atoms with Crippen molar-refractivity contribution in [2.24, 2.45) is 17.8 Å². The quantitative estimate of drug-likeness (QED) is 0.336. The van der Waals surface area contributed by atoms with Crippen molar-refractivity contribution in [3.05, 3.63) is 41.5 Å². The number of amides is 4. The number of rotatable bonds is 5. The standard InChI is InChI=1S/C25H24Cl2N2O7/c1-28-22(35)24(26)11-15-12(19(25(24,27)23(28)36)13-5-2-3-6-16(13)30)8-9-14-18(15)21(34)29(20(14)33)10-4-7-17(31)32/h2-3,5-6,8,14-15,18-19,30H,4,7,9-11H2,1H3,(H,31,32). The van der Waals surface area contributed by atoms with Crippen LogP contribution < -0.4 is 0 Å². The zero-order valence-electron chi connectivity index (χ0n) is 19.3. The highest BCUT2D eigenvalue weighted by atomic mass is 35.5. The van der Waals surface area contributed by atoms with Crippen LogP contribution in [-0.2, 0) is 24.0 Å². The number of hydrogen-bond acceptors (Lipinski definition) is 6. The number of phenols is 1. The number of alkyl halides is 2. The largest absolute Gasteiger partial charge is 0.508 e. The van der Waals surface area contributed by atoms with Crippen molar-refractivity contribution in [3.63, 3.8) is 0 Å². The van der Waals surface area contributed by atoms with Gasteiger partial charge >= 0.3 is 5.97 Å². The molecule has 0 radical (unpaired) electrons. The fraction of sp³-hybridized carbons (Fsp3) is 0.480. The zero-order valence-corrected chi connectivity index (χ0v) is 20.8. The Morgan fingerprint density at radius 3 is 2.44 bits per heavy atom. The minimum absolute atomic E-state index is 0.0203. The maximum absolute atomic E-state index is 13.5. The van der Waals surface area contributed by atoms with Crippen molar-refractivity contribution in [2.75, 3.05) is 13.6 Å². The molecule has 3 fully saturated rings. The maximum Gasteiger partial charge on any atom is 0.303 e. The molecule has 5 rings (SSSR count). The van der Waals surface area contributed by atoms with Gasteiger partial charge in [-0.2, -0.15) is 0 Å². The molecule has 190 valence electrons. The third-order valence-corrected chi connectivity index (χ3v) is 9.54. The van der Waals surface area contributed by atoms with E-state index in [1.54, 1.807) is 24.3 Å². The summed E-state index contributed by atoms with van der Waals surface area (Å²) in [6.07, 6.45) is 1.80. The summed E-state index contributed by atoms with van der Waals surface area (Å²) in [5.41, 5.74) is 0.896. The monoisotopic (exact) mass is 534 g/mol. The van der Waals surface area contributed by atoms with E-state index in [0.29, 0.717) is 11.1 Å². The summed E-state index contributed by atoms with van der Waals surface area (Å²) in [4.78, 5) is 62.5. The first kappa shape index (κ1) is 24.8. The van der Waals surface area contributed by atoms with Crippen molar-refractivity contribution in [3.8, 4) is 5.75 Å². The van der Waals surface area contributed by atoms with Crippen molar-refractivity contribution in [1.82, 2.24) is 9.80 Å². The van der Waals surface area contributed by atoms with Crippen LogP contribution in [0.25, 0.3) is 0 Å². The van der Waals surface area contributed by atoms with Gasteiger partial charge in [0.25, 0.3) is 11.8 Å². The van der Waals surface area contributed by atoms with E-state index in [0.717, 1.165) is 9.80 Å². The molecular weight excluding hydrogens is 511 g/mol. The normalized spacial score (nSPS) is 35.5. The predicted octanol–water partition coefficient (Wildman–Crippen LogP) is 2.25. The fourth-order valence-corrected chi connectivity index (χ4v) is 7.51. The van der Waals surface area contributed by atoms with E-state index < -0.39 is 57.1 Å². The molecular formula is C25H24Cl2N2O7. The lowest BCUT2D eigenvalue weighted by molar-refractivity contribution is -0.142. The van der Waals surface area contributed by atoms with E-state index in [1.807, 2.05) is 0 Å². The van der Waals surface area contributed by atoms with Crippen molar-refractivity contribution >= 4 is 52.8 Å². The lowest BCUT2D eigenvalue weighted by Gasteiger charge is -2.50. The highest BCUT2D eigenvalue weighted by Crippen LogP contribution is 2.65. The van der Waals surface area contributed by atoms with Gasteiger partial charge in [-0.15, -0.1) is 23.2 Å². The second-order valence-electron chi connectivity index (χ2n) is 9.88. The van der Waals surface area contributed by atoms with Gasteiger partial charge in [-0.1, -0.05) is 29.8 Å². The molecule has 0 spiro atoms. The van der Waals surface area contributed by atoms with Gasteiger partial charge < -0.3 is 10.2 Å². The first-order valence-electron chi connectivity index (χ1n) is 11.7. The number of phenolic OH excluding ortho intramolecular Hbond substituents is 1. The van der Waals surface area contributed by atoms with E-state index in [4.69, 9.17) is 28.3 Å². The predicted molar refractivity (Wildman–Crippen MR) is 127 cm³/mol. The van der Waals surface area contributed by atoms with Gasteiger partial charge in [-0.05, 0) is 31.2 Å². The summed E-state index contributed by atoms with van der Waals surface area (Å²) < 4.78 is 0. The second-order valence-corrected chi connectivity index (χ2v) is 11.1. The maximum atomic E-state index is 13.5. The van der Waals surface area contributed by atoms with Crippen LogP contribution in [0.5, 0.6) is 5.75 Å². The van der Waals surface area contributed by atoms with Crippen LogP contribution in [0.15, 0.2) is 35.9 Å². The Hall–Kier alpha value is -2.91. The Kier molecular flexibility index (Phi) is 5.72. The van der Waals surface area contributed by atoms with E-state index >= 15 is 0 Å². The van der Waals surface area contributed by atoms with Crippen LogP contribution >= 0.6 is 23.2 Å². The number of allylic oxidation sites excluding steroid dienone is 2. The number of carbonyl (C=O) groups is 5. The Morgan fingerprint density at radius 2 is 1.78 bits per heavy atom. The van der Waals surface area contributed by atoms with Crippen molar-refractivity contribution in [1.29, 1.82) is 0 Å². The number of likely N-dealkylation sites (tertiary alicyclic amines) is 2. The minimum atomic E-state index is -1.94. The van der Waals surface area contributed by atoms with Crippen LogP contribution in [-0.4, -0.2) is 73.0 Å². The smallest absolute Gasteiger partial charge is 0.303 e. The number of para-hydroxylation sites is 1. The molecule has 2 N–H and O–H groups in total. The van der Waals surface area contributed by atoms with E-state index in [1.165, 1.54) is 13.1 Å². The van der Waals surface area contributed by atoms with E-state index in [2.05, 4.69) is 0 Å². The second kappa shape index (κ2) is 8.31. The van der Waals surface area contributed by atoms with Gasteiger partial charge in [0.05, 0.1) is 11.8 Å². The van der Waals surface area contributed by atoms with Crippen LogP contribution in [0.3, 0.4) is 0 Å². The third kappa shape index (κ3) is 3.11. The van der Waals surface area contributed by atoms with Gasteiger partial charge in [0.1, 0.15) is 5.75 Å². The van der Waals surface area contributed by atoms with Gasteiger partial charge in [-0.3, -0.25) is 33.8 Å². The molecule has 2 aliphatic heterocycles. The van der Waals surface area contributed by atoms with Gasteiger partial charge in [0.15, 0.2) is 9.75 Å². The molecule has 0 aromatic heterocycles. The van der Waals surface area contributed by atoms with Gasteiger partial charge in [0, 0.05) is 31.5 Å². The molecule has 11 heteroatoms. The molecule has 4 amide bonds. The van der Waals surface area contributed by atoms with E-state index in [9.17, 15) is 29.1 Å². The lowest BCUT2D eigenvalue weighted by Crippen LogP contribution is -2.60. The molecule has 1 aromatic rings. The molecule has 2 heterocycles. The first-order chi connectivity index (χ1) is 16.9. The average molecular weight is 535 g/mol. The number of aliphatic carboxylic acids is 1. The minimum Gasteiger partial charge on any atom is -0.508 e. The molecule has 4 aliphatic rings. The molecule has 6 atom stereocenters. The third-order valence-electron chi connectivity index (χ3n) is 8.13. The van der Waals surface area contributed by atoms with Gasteiger partial charge in [-0.25, -0.2) is 0 Å². The summed E-state index contributed by atoms with van der Waals surface area (Å²) in [5.74, 6) is -6.59. The number of carbonyl (C=O) groups excluding carboxylic acids is 4. The zero-order chi connectivity index (χ0) is 26.2.